The van der Waals surface area contributed by atoms with Crippen LogP contribution >= 0.6 is 0 Å². The average molecular weight is 342 g/mol. The summed E-state index contributed by atoms with van der Waals surface area (Å²) in [6.07, 6.45) is 1.18. The Hall–Kier alpha value is -2.25. The molecule has 0 spiro atoms. The third-order valence-electron chi connectivity index (χ3n) is 5.11. The molecule has 2 fully saturated rings. The van der Waals surface area contributed by atoms with Gasteiger partial charge in [-0.15, -0.1) is 0 Å². The minimum absolute atomic E-state index is 0.103. The Morgan fingerprint density at radius 3 is 2.76 bits per heavy atom. The maximum Gasteiger partial charge on any atom is 0.270 e. The van der Waals surface area contributed by atoms with Gasteiger partial charge in [-0.1, -0.05) is 0 Å². The van der Waals surface area contributed by atoms with E-state index in [9.17, 15) is 10.1 Å². The number of ether oxygens (including phenoxy) is 1. The lowest BCUT2D eigenvalue weighted by Gasteiger charge is -2.36. The molecule has 1 unspecified atom stereocenters. The van der Waals surface area contributed by atoms with Gasteiger partial charge in [0.25, 0.3) is 5.69 Å². The molecule has 0 N–H and O–H groups in total. The SMILES string of the molecule is O=[N+]([O-])c1ccc2nc(N3CCN(CC4CCOC4)CC3)ccc2c1. The number of rotatable bonds is 4. The van der Waals surface area contributed by atoms with Gasteiger partial charge < -0.3 is 9.64 Å². The Morgan fingerprint density at radius 1 is 1.20 bits per heavy atom. The van der Waals surface area contributed by atoms with Crippen LogP contribution < -0.4 is 4.90 Å². The fourth-order valence-corrected chi connectivity index (χ4v) is 3.64. The van der Waals surface area contributed by atoms with Crippen molar-refractivity contribution >= 4 is 22.4 Å². The molecule has 7 heteroatoms. The van der Waals surface area contributed by atoms with E-state index in [1.54, 1.807) is 12.1 Å². The molecule has 132 valence electrons. The summed E-state index contributed by atoms with van der Waals surface area (Å²) in [6.45, 7) is 6.93. The molecule has 0 aliphatic carbocycles. The lowest BCUT2D eigenvalue weighted by Crippen LogP contribution is -2.48. The quantitative estimate of drug-likeness (QED) is 0.627. The molecule has 1 aromatic heterocycles. The van der Waals surface area contributed by atoms with E-state index in [0.29, 0.717) is 5.92 Å². The third-order valence-corrected chi connectivity index (χ3v) is 5.11. The number of aromatic nitrogens is 1. The van der Waals surface area contributed by atoms with Crippen molar-refractivity contribution in [2.75, 3.05) is 50.8 Å². The molecule has 4 rings (SSSR count). The molecule has 2 aliphatic rings. The Balaban J connectivity index is 1.42. The van der Waals surface area contributed by atoms with E-state index in [-0.39, 0.29) is 10.6 Å². The molecule has 25 heavy (non-hydrogen) atoms. The normalized spacial score (nSPS) is 21.8. The summed E-state index contributed by atoms with van der Waals surface area (Å²) >= 11 is 0. The van der Waals surface area contributed by atoms with Crippen molar-refractivity contribution in [1.82, 2.24) is 9.88 Å². The maximum absolute atomic E-state index is 10.9. The van der Waals surface area contributed by atoms with Gasteiger partial charge in [0.15, 0.2) is 0 Å². The number of non-ortho nitro benzene ring substituents is 1. The van der Waals surface area contributed by atoms with Gasteiger partial charge in [0, 0.05) is 56.8 Å². The molecular weight excluding hydrogens is 320 g/mol. The van der Waals surface area contributed by atoms with Crippen LogP contribution in [-0.2, 0) is 4.74 Å². The van der Waals surface area contributed by atoms with Crippen LogP contribution in [0.3, 0.4) is 0 Å². The van der Waals surface area contributed by atoms with Crippen LogP contribution in [0.15, 0.2) is 30.3 Å². The molecule has 1 atom stereocenters. The summed E-state index contributed by atoms with van der Waals surface area (Å²) in [4.78, 5) is 20.0. The van der Waals surface area contributed by atoms with Crippen LogP contribution in [0.4, 0.5) is 11.5 Å². The van der Waals surface area contributed by atoms with Crippen molar-refractivity contribution in [3.63, 3.8) is 0 Å². The zero-order valence-corrected chi connectivity index (χ0v) is 14.1. The van der Waals surface area contributed by atoms with Gasteiger partial charge in [-0.05, 0) is 30.5 Å². The average Bonchev–Trinajstić information content (AvgIpc) is 3.14. The minimum atomic E-state index is -0.373. The lowest BCUT2D eigenvalue weighted by atomic mass is 10.1. The number of nitro groups is 1. The van der Waals surface area contributed by atoms with Gasteiger partial charge in [0.2, 0.25) is 0 Å². The summed E-state index contributed by atoms with van der Waals surface area (Å²) in [7, 11) is 0. The van der Waals surface area contributed by atoms with Crippen molar-refractivity contribution < 1.29 is 9.66 Å². The summed E-state index contributed by atoms with van der Waals surface area (Å²) in [6, 6.07) is 8.71. The molecule has 2 saturated heterocycles. The van der Waals surface area contributed by atoms with Crippen LogP contribution in [0, 0.1) is 16.0 Å². The number of hydrogen-bond acceptors (Lipinski definition) is 6. The third kappa shape index (κ3) is 3.57. The molecular formula is C18H22N4O3. The monoisotopic (exact) mass is 342 g/mol. The molecule has 2 aliphatic heterocycles. The predicted octanol–water partition coefficient (Wildman–Crippen LogP) is 2.30. The van der Waals surface area contributed by atoms with Crippen molar-refractivity contribution in [1.29, 1.82) is 0 Å². The van der Waals surface area contributed by atoms with Crippen molar-refractivity contribution in [3.8, 4) is 0 Å². The van der Waals surface area contributed by atoms with E-state index in [1.165, 1.54) is 12.5 Å². The standard InChI is InChI=1S/C18H22N4O3/c23-22(24)16-2-3-17-15(11-16)1-4-18(19-17)21-8-6-20(7-9-21)12-14-5-10-25-13-14/h1-4,11,14H,5-10,12-13H2. The van der Waals surface area contributed by atoms with Gasteiger partial charge in [-0.25, -0.2) is 4.98 Å². The topological polar surface area (TPSA) is 71.7 Å². The highest BCUT2D eigenvalue weighted by Gasteiger charge is 2.23. The van der Waals surface area contributed by atoms with Gasteiger partial charge in [0.1, 0.15) is 5.82 Å². The molecule has 7 nitrogen and oxygen atoms in total. The second kappa shape index (κ2) is 6.93. The maximum atomic E-state index is 10.9. The molecule has 0 amide bonds. The summed E-state index contributed by atoms with van der Waals surface area (Å²) < 4.78 is 5.46. The highest BCUT2D eigenvalue weighted by Crippen LogP contribution is 2.23. The van der Waals surface area contributed by atoms with Gasteiger partial charge in [0.05, 0.1) is 17.0 Å². The number of hydrogen-bond donors (Lipinski definition) is 0. The van der Waals surface area contributed by atoms with E-state index in [0.717, 1.165) is 62.7 Å². The van der Waals surface area contributed by atoms with E-state index in [4.69, 9.17) is 9.72 Å². The molecule has 2 aromatic rings. The van der Waals surface area contributed by atoms with E-state index in [1.807, 2.05) is 12.1 Å². The first-order chi connectivity index (χ1) is 12.2. The summed E-state index contributed by atoms with van der Waals surface area (Å²) in [5.74, 6) is 1.63. The lowest BCUT2D eigenvalue weighted by molar-refractivity contribution is -0.384. The number of benzene rings is 1. The number of fused-ring (bicyclic) bond motifs is 1. The van der Waals surface area contributed by atoms with Crippen LogP contribution in [-0.4, -0.2) is 60.7 Å². The smallest absolute Gasteiger partial charge is 0.270 e. The first-order valence-corrected chi connectivity index (χ1v) is 8.79. The molecule has 0 radical (unpaired) electrons. The molecule has 3 heterocycles. The highest BCUT2D eigenvalue weighted by molar-refractivity contribution is 5.82. The Labute approximate surface area is 146 Å². The molecule has 1 aromatic carbocycles. The first-order valence-electron chi connectivity index (χ1n) is 8.79. The zero-order chi connectivity index (χ0) is 17.2. The van der Waals surface area contributed by atoms with Crippen LogP contribution in [0.1, 0.15) is 6.42 Å². The zero-order valence-electron chi connectivity index (χ0n) is 14.1. The fraction of sp³-hybridized carbons (Fsp3) is 0.500. The predicted molar refractivity (Wildman–Crippen MR) is 96.0 cm³/mol. The number of nitro benzene ring substituents is 1. The second-order valence-corrected chi connectivity index (χ2v) is 6.82. The largest absolute Gasteiger partial charge is 0.381 e. The molecule has 0 saturated carbocycles. The number of nitrogens with zero attached hydrogens (tertiary/aromatic N) is 4. The Morgan fingerprint density at radius 2 is 2.04 bits per heavy atom. The summed E-state index contributed by atoms with van der Waals surface area (Å²) in [5.41, 5.74) is 0.903. The van der Waals surface area contributed by atoms with Gasteiger partial charge in [-0.2, -0.15) is 0 Å². The number of pyridine rings is 1. The van der Waals surface area contributed by atoms with E-state index < -0.39 is 0 Å². The number of anilines is 1. The molecule has 0 bridgehead atoms. The first kappa shape index (κ1) is 16.2. The summed E-state index contributed by atoms with van der Waals surface area (Å²) in [5, 5.41) is 11.7. The number of piperazine rings is 1. The van der Waals surface area contributed by atoms with Crippen molar-refractivity contribution in [2.24, 2.45) is 5.92 Å². The Bertz CT molecular complexity index is 768. The second-order valence-electron chi connectivity index (χ2n) is 6.82. The fourth-order valence-electron chi connectivity index (χ4n) is 3.64. The van der Waals surface area contributed by atoms with Crippen LogP contribution in [0.5, 0.6) is 0 Å². The minimum Gasteiger partial charge on any atom is -0.381 e. The highest BCUT2D eigenvalue weighted by atomic mass is 16.6. The van der Waals surface area contributed by atoms with E-state index in [2.05, 4.69) is 9.80 Å². The van der Waals surface area contributed by atoms with Crippen LogP contribution in [0.2, 0.25) is 0 Å². The van der Waals surface area contributed by atoms with Crippen molar-refractivity contribution in [3.05, 3.63) is 40.4 Å². The van der Waals surface area contributed by atoms with Gasteiger partial charge in [-0.3, -0.25) is 15.0 Å². The van der Waals surface area contributed by atoms with E-state index >= 15 is 0 Å². The van der Waals surface area contributed by atoms with Crippen molar-refractivity contribution in [2.45, 2.75) is 6.42 Å². The van der Waals surface area contributed by atoms with Gasteiger partial charge >= 0.3 is 0 Å². The van der Waals surface area contributed by atoms with Crippen LogP contribution in [0.25, 0.3) is 10.9 Å². The Kier molecular flexibility index (Phi) is 4.50.